The van der Waals surface area contributed by atoms with Crippen LogP contribution in [0.2, 0.25) is 0 Å². The van der Waals surface area contributed by atoms with Gasteiger partial charge in [0.05, 0.1) is 11.9 Å². The Morgan fingerprint density at radius 1 is 1.21 bits per heavy atom. The summed E-state index contributed by atoms with van der Waals surface area (Å²) in [4.78, 5) is 31.6. The van der Waals surface area contributed by atoms with E-state index in [1.165, 1.54) is 4.52 Å². The Morgan fingerprint density at radius 2 is 1.95 bits per heavy atom. The first-order valence-corrected chi connectivity index (χ1v) is 13.9. The highest BCUT2D eigenvalue weighted by Gasteiger charge is 2.46. The van der Waals surface area contributed by atoms with E-state index in [1.54, 1.807) is 34.1 Å². The summed E-state index contributed by atoms with van der Waals surface area (Å²) in [5, 5.41) is 11.5. The van der Waals surface area contributed by atoms with E-state index < -0.39 is 15.7 Å². The monoisotopic (exact) mass is 535 g/mol. The van der Waals surface area contributed by atoms with Gasteiger partial charge in [0.25, 0.3) is 5.91 Å². The number of nitrogen functional groups attached to an aromatic ring is 1. The summed E-state index contributed by atoms with van der Waals surface area (Å²) in [5.74, 6) is -0.370. The van der Waals surface area contributed by atoms with Gasteiger partial charge in [-0.1, -0.05) is 0 Å². The second-order valence-corrected chi connectivity index (χ2v) is 11.6. The van der Waals surface area contributed by atoms with Crippen LogP contribution >= 0.6 is 0 Å². The molecule has 0 aromatic carbocycles. The Balaban J connectivity index is 1.46. The molecule has 2 fully saturated rings. The first-order valence-electron chi connectivity index (χ1n) is 12.0. The summed E-state index contributed by atoms with van der Waals surface area (Å²) in [6, 6.07) is -0.316. The van der Waals surface area contributed by atoms with Gasteiger partial charge in [0, 0.05) is 60.2 Å². The number of aliphatic imine (C=N–C) groups is 1. The number of carbonyl (C=O) groups is 1. The normalized spacial score (nSPS) is 21.9. The van der Waals surface area contributed by atoms with Crippen molar-refractivity contribution in [2.45, 2.75) is 48.6 Å². The van der Waals surface area contributed by atoms with Gasteiger partial charge in [0.15, 0.2) is 21.3 Å². The van der Waals surface area contributed by atoms with Crippen molar-refractivity contribution >= 4 is 45.2 Å². The SMILES string of the molecule is CS(=O)(=O)c1c(C2CC3CCC(C2)N3C(=O)C(N)=NC=N)nc2c(-c3cnc4nccn4c3)cnn2c1N. The number of sulfone groups is 1. The lowest BCUT2D eigenvalue weighted by molar-refractivity contribution is -0.128. The molecular weight excluding hydrogens is 510 g/mol. The molecule has 0 aliphatic carbocycles. The van der Waals surface area contributed by atoms with E-state index in [2.05, 4.69) is 20.1 Å². The van der Waals surface area contributed by atoms with Crippen LogP contribution in [-0.2, 0) is 14.6 Å². The number of carbonyl (C=O) groups excluding carboxylic acids is 1. The molecule has 0 spiro atoms. The maximum atomic E-state index is 13.0. The van der Waals surface area contributed by atoms with Crippen molar-refractivity contribution in [2.24, 2.45) is 10.7 Å². The molecule has 2 aliphatic heterocycles. The van der Waals surface area contributed by atoms with Crippen LogP contribution in [0.1, 0.15) is 37.3 Å². The van der Waals surface area contributed by atoms with Crippen molar-refractivity contribution < 1.29 is 13.2 Å². The van der Waals surface area contributed by atoms with Crippen LogP contribution in [-0.4, -0.2) is 78.7 Å². The molecule has 196 valence electrons. The number of hydrogen-bond acceptors (Lipinski definition) is 9. The molecule has 1 amide bonds. The lowest BCUT2D eigenvalue weighted by atomic mass is 9.87. The number of rotatable bonds is 4. The molecule has 6 rings (SSSR count). The second-order valence-electron chi connectivity index (χ2n) is 9.66. The maximum absolute atomic E-state index is 13.0. The summed E-state index contributed by atoms with van der Waals surface area (Å²) in [5.41, 5.74) is 14.4. The van der Waals surface area contributed by atoms with Crippen LogP contribution in [0.5, 0.6) is 0 Å². The van der Waals surface area contributed by atoms with Crippen molar-refractivity contribution in [3.05, 3.63) is 36.7 Å². The van der Waals surface area contributed by atoms with E-state index >= 15 is 0 Å². The third-order valence-electron chi connectivity index (χ3n) is 7.37. The first-order chi connectivity index (χ1) is 18.2. The second kappa shape index (κ2) is 8.58. The summed E-state index contributed by atoms with van der Waals surface area (Å²) in [6.07, 6.45) is 12.9. The Morgan fingerprint density at radius 3 is 2.63 bits per heavy atom. The maximum Gasteiger partial charge on any atom is 0.289 e. The number of amidine groups is 1. The van der Waals surface area contributed by atoms with E-state index in [0.29, 0.717) is 35.5 Å². The molecule has 2 aliphatic rings. The van der Waals surface area contributed by atoms with Crippen LogP contribution in [0.4, 0.5) is 5.82 Å². The zero-order chi connectivity index (χ0) is 26.8. The van der Waals surface area contributed by atoms with Crippen molar-refractivity contribution in [3.8, 4) is 11.1 Å². The average Bonchev–Trinajstić information content (AvgIpc) is 3.58. The van der Waals surface area contributed by atoms with Gasteiger partial charge in [-0.05, 0) is 25.7 Å². The predicted octanol–water partition coefficient (Wildman–Crippen LogP) is 0.626. The molecule has 6 heterocycles. The zero-order valence-electron chi connectivity index (χ0n) is 20.4. The number of fused-ring (bicyclic) bond motifs is 4. The Labute approximate surface area is 216 Å². The highest BCUT2D eigenvalue weighted by Crippen LogP contribution is 2.45. The number of nitrogens with two attached hydrogens (primary N) is 2. The summed E-state index contributed by atoms with van der Waals surface area (Å²) < 4.78 is 29.0. The minimum Gasteiger partial charge on any atom is -0.382 e. The molecular formula is C23H25N11O3S. The Kier molecular flexibility index (Phi) is 5.41. The molecule has 5 N–H and O–H groups in total. The fraction of sp³-hybridized carbons (Fsp3) is 0.348. The summed E-state index contributed by atoms with van der Waals surface area (Å²) in [6.45, 7) is 0. The van der Waals surface area contributed by atoms with E-state index in [1.807, 2.05) is 6.20 Å². The number of nitrogens with one attached hydrogen (secondary N) is 1. The fourth-order valence-electron chi connectivity index (χ4n) is 5.82. The standard InChI is InChI=1S/C23H25N11O3S/c1-38(36,37)18-17(12-6-14-2-3-15(7-12)33(14)22(35)19(25)29-11-24)31-21-16(9-30-34(21)20(18)26)13-8-28-23-27-4-5-32(23)10-13/h4-5,8-12,14-15H,2-3,6-7,26H2,1H3,(H3,24,25,29). The number of aromatic nitrogens is 6. The largest absolute Gasteiger partial charge is 0.382 e. The van der Waals surface area contributed by atoms with Gasteiger partial charge in [0.2, 0.25) is 5.78 Å². The zero-order valence-corrected chi connectivity index (χ0v) is 21.2. The van der Waals surface area contributed by atoms with E-state index in [4.69, 9.17) is 21.9 Å². The van der Waals surface area contributed by atoms with Crippen molar-refractivity contribution in [1.29, 1.82) is 5.41 Å². The average molecular weight is 536 g/mol. The number of hydrogen-bond donors (Lipinski definition) is 3. The van der Waals surface area contributed by atoms with Gasteiger partial charge in [0.1, 0.15) is 17.1 Å². The molecule has 2 saturated heterocycles. The predicted molar refractivity (Wildman–Crippen MR) is 139 cm³/mol. The quantitative estimate of drug-likeness (QED) is 0.247. The molecule has 4 aromatic rings. The van der Waals surface area contributed by atoms with Gasteiger partial charge >= 0.3 is 0 Å². The third kappa shape index (κ3) is 3.69. The minimum atomic E-state index is -3.76. The first kappa shape index (κ1) is 24.0. The van der Waals surface area contributed by atoms with E-state index in [0.717, 1.165) is 31.0 Å². The lowest BCUT2D eigenvalue weighted by Gasteiger charge is -2.39. The topological polar surface area (TPSA) is 203 Å². The molecule has 15 heteroatoms. The molecule has 38 heavy (non-hydrogen) atoms. The lowest BCUT2D eigenvalue weighted by Crippen LogP contribution is -2.50. The molecule has 2 atom stereocenters. The van der Waals surface area contributed by atoms with Crippen molar-refractivity contribution in [1.82, 2.24) is 33.9 Å². The van der Waals surface area contributed by atoms with Gasteiger partial charge in [-0.2, -0.15) is 9.61 Å². The fourth-order valence-corrected chi connectivity index (χ4v) is 6.88. The smallest absolute Gasteiger partial charge is 0.289 e. The van der Waals surface area contributed by atoms with Crippen LogP contribution in [0.25, 0.3) is 22.6 Å². The highest BCUT2D eigenvalue weighted by atomic mass is 32.2. The highest BCUT2D eigenvalue weighted by molar-refractivity contribution is 7.91. The molecule has 4 aromatic heterocycles. The Bertz CT molecular complexity index is 1740. The minimum absolute atomic E-state index is 0.0105. The van der Waals surface area contributed by atoms with Gasteiger partial charge < -0.3 is 16.4 Å². The summed E-state index contributed by atoms with van der Waals surface area (Å²) in [7, 11) is -3.76. The van der Waals surface area contributed by atoms with Crippen LogP contribution in [0.3, 0.4) is 0 Å². The van der Waals surface area contributed by atoms with Crippen molar-refractivity contribution in [2.75, 3.05) is 12.0 Å². The molecule has 0 radical (unpaired) electrons. The van der Waals surface area contributed by atoms with Crippen LogP contribution in [0.15, 0.2) is 40.9 Å². The number of amides is 1. The van der Waals surface area contributed by atoms with Gasteiger partial charge in [-0.15, -0.1) is 0 Å². The van der Waals surface area contributed by atoms with E-state index in [9.17, 15) is 13.2 Å². The van der Waals surface area contributed by atoms with E-state index in [-0.39, 0.29) is 34.6 Å². The molecule has 2 unspecified atom stereocenters. The van der Waals surface area contributed by atoms with Crippen LogP contribution < -0.4 is 11.5 Å². The molecule has 14 nitrogen and oxygen atoms in total. The van der Waals surface area contributed by atoms with Gasteiger partial charge in [-0.3, -0.25) is 14.6 Å². The Hall–Kier alpha value is -4.40. The van der Waals surface area contributed by atoms with Gasteiger partial charge in [-0.25, -0.2) is 28.4 Å². The molecule has 0 saturated carbocycles. The molecule has 2 bridgehead atoms. The number of nitrogens with zero attached hydrogens (tertiary/aromatic N) is 8. The summed E-state index contributed by atoms with van der Waals surface area (Å²) >= 11 is 0. The number of piperidine rings is 1. The van der Waals surface area contributed by atoms with Crippen LogP contribution in [0, 0.1) is 5.41 Å². The number of imidazole rings is 1. The third-order valence-corrected chi connectivity index (χ3v) is 8.53. The number of anilines is 1. The van der Waals surface area contributed by atoms with Crippen molar-refractivity contribution in [3.63, 3.8) is 0 Å².